The number of nitrogens with zero attached hydrogens (tertiary/aromatic N) is 7. The van der Waals surface area contributed by atoms with Crippen LogP contribution in [0.25, 0.3) is 11.2 Å². The smallest absolute Gasteiger partial charge is 0.404 e. The summed E-state index contributed by atoms with van der Waals surface area (Å²) in [6.45, 7) is 5.34. The molecule has 0 bridgehead atoms. The topological polar surface area (TPSA) is 122 Å². The van der Waals surface area contributed by atoms with E-state index in [1.165, 1.54) is 0 Å². The van der Waals surface area contributed by atoms with Gasteiger partial charge in [0, 0.05) is 37.8 Å². The first-order valence-corrected chi connectivity index (χ1v) is 13.2. The van der Waals surface area contributed by atoms with Crippen molar-refractivity contribution >= 4 is 34.6 Å². The van der Waals surface area contributed by atoms with E-state index in [0.717, 1.165) is 72.2 Å². The fraction of sp³-hybridized carbons (Fsp3) is 0.393. The Kier molecular flexibility index (Phi) is 6.41. The molecule has 1 atom stereocenters. The maximum atomic E-state index is 11.1. The molecule has 1 fully saturated rings. The van der Waals surface area contributed by atoms with Gasteiger partial charge in [-0.3, -0.25) is 4.98 Å². The highest BCUT2D eigenvalue weighted by molar-refractivity contribution is 5.88. The average Bonchev–Trinajstić information content (AvgIpc) is 3.53. The van der Waals surface area contributed by atoms with Crippen LogP contribution in [0.5, 0.6) is 5.75 Å². The number of amides is 1. The van der Waals surface area contributed by atoms with Gasteiger partial charge in [-0.05, 0) is 49.1 Å². The molecule has 0 aliphatic carbocycles. The lowest BCUT2D eigenvalue weighted by Gasteiger charge is -2.28. The number of nitrogens with one attached hydrogen (secondary N) is 1. The Hall–Kier alpha value is -4.41. The van der Waals surface area contributed by atoms with Crippen molar-refractivity contribution in [1.29, 1.82) is 0 Å². The van der Waals surface area contributed by atoms with Crippen LogP contribution < -0.4 is 19.9 Å². The molecule has 0 radical (unpaired) electrons. The van der Waals surface area contributed by atoms with Crippen LogP contribution in [0, 0.1) is 5.41 Å². The molecule has 4 aromatic rings. The molecule has 202 valence electrons. The molecule has 2 N–H and O–H groups in total. The standard InChI is InChI=1S/C28H32N8O3/c1-28(17-31-27(37)38)11-14-34(18-28)23-15-30-24-25(32-23)36(16-19-7-9-20(39-2)10-8-19)33-26(24)35-13-4-5-21-22(35)6-3-12-29-21/h3,6-10,12,15,31H,4-5,11,13-14,16-18H2,1-2H3,(H,37,38). The van der Waals surface area contributed by atoms with Gasteiger partial charge < -0.3 is 25.0 Å². The summed E-state index contributed by atoms with van der Waals surface area (Å²) in [6, 6.07) is 12.0. The summed E-state index contributed by atoms with van der Waals surface area (Å²) < 4.78 is 7.25. The van der Waals surface area contributed by atoms with Crippen molar-refractivity contribution in [1.82, 2.24) is 30.0 Å². The van der Waals surface area contributed by atoms with E-state index < -0.39 is 6.09 Å². The van der Waals surface area contributed by atoms with Crippen LogP contribution in [0.2, 0.25) is 0 Å². The number of hydrogen-bond acceptors (Lipinski definition) is 8. The highest BCUT2D eigenvalue weighted by Crippen LogP contribution is 2.37. The molecule has 11 heteroatoms. The first kappa shape index (κ1) is 24.9. The van der Waals surface area contributed by atoms with E-state index in [9.17, 15) is 4.79 Å². The van der Waals surface area contributed by atoms with Crippen molar-refractivity contribution in [3.63, 3.8) is 0 Å². The number of fused-ring (bicyclic) bond motifs is 2. The molecule has 11 nitrogen and oxygen atoms in total. The van der Waals surface area contributed by atoms with Crippen LogP contribution in [0.3, 0.4) is 0 Å². The number of aryl methyl sites for hydroxylation is 1. The second-order valence-corrected chi connectivity index (χ2v) is 10.6. The van der Waals surface area contributed by atoms with Gasteiger partial charge in [-0.1, -0.05) is 19.1 Å². The second kappa shape index (κ2) is 10.0. The fourth-order valence-corrected chi connectivity index (χ4v) is 5.53. The average molecular weight is 529 g/mol. The zero-order chi connectivity index (χ0) is 27.0. The Morgan fingerprint density at radius 3 is 2.82 bits per heavy atom. The molecule has 5 heterocycles. The maximum absolute atomic E-state index is 11.1. The molecule has 39 heavy (non-hydrogen) atoms. The number of carbonyl (C=O) groups is 1. The van der Waals surface area contributed by atoms with Gasteiger partial charge in [-0.2, -0.15) is 5.10 Å². The highest BCUT2D eigenvalue weighted by atomic mass is 16.5. The number of anilines is 3. The summed E-state index contributed by atoms with van der Waals surface area (Å²) in [6.07, 6.45) is 5.44. The van der Waals surface area contributed by atoms with Gasteiger partial charge >= 0.3 is 6.09 Å². The summed E-state index contributed by atoms with van der Waals surface area (Å²) in [5.74, 6) is 2.35. The number of methoxy groups -OCH3 is 1. The first-order chi connectivity index (χ1) is 18.9. The summed E-state index contributed by atoms with van der Waals surface area (Å²) >= 11 is 0. The summed E-state index contributed by atoms with van der Waals surface area (Å²) in [5, 5.41) is 16.7. The van der Waals surface area contributed by atoms with Gasteiger partial charge in [0.15, 0.2) is 17.0 Å². The molecule has 1 unspecified atom stereocenters. The Labute approximate surface area is 226 Å². The number of ether oxygens (including phenoxy) is 1. The van der Waals surface area contributed by atoms with Crippen molar-refractivity contribution in [3.05, 3.63) is 60.0 Å². The molecular formula is C28H32N8O3. The highest BCUT2D eigenvalue weighted by Gasteiger charge is 2.35. The third-order valence-corrected chi connectivity index (χ3v) is 7.66. The molecule has 0 spiro atoms. The zero-order valence-corrected chi connectivity index (χ0v) is 22.2. The Balaban J connectivity index is 1.38. The van der Waals surface area contributed by atoms with Gasteiger partial charge in [-0.15, -0.1) is 0 Å². The van der Waals surface area contributed by atoms with E-state index in [4.69, 9.17) is 24.9 Å². The van der Waals surface area contributed by atoms with Crippen molar-refractivity contribution in [2.24, 2.45) is 5.41 Å². The molecule has 2 aliphatic heterocycles. The van der Waals surface area contributed by atoms with Crippen LogP contribution in [-0.4, -0.2) is 69.2 Å². The minimum Gasteiger partial charge on any atom is -0.497 e. The summed E-state index contributed by atoms with van der Waals surface area (Å²) in [5.41, 5.74) is 4.50. The van der Waals surface area contributed by atoms with Crippen molar-refractivity contribution in [2.45, 2.75) is 32.7 Å². The van der Waals surface area contributed by atoms with Crippen LogP contribution in [0.4, 0.5) is 22.1 Å². The SMILES string of the molecule is COc1ccc(Cn2nc(N3CCCc4ncccc43)c3ncc(N4CCC(C)(CNC(=O)O)C4)nc32)cc1. The van der Waals surface area contributed by atoms with Crippen LogP contribution in [0.1, 0.15) is 31.0 Å². The lowest BCUT2D eigenvalue weighted by Crippen LogP contribution is -2.37. The van der Waals surface area contributed by atoms with Gasteiger partial charge in [-0.25, -0.2) is 19.4 Å². The third-order valence-electron chi connectivity index (χ3n) is 7.66. The number of aromatic nitrogens is 5. The van der Waals surface area contributed by atoms with Crippen molar-refractivity contribution in [2.75, 3.05) is 43.1 Å². The van der Waals surface area contributed by atoms with Crippen LogP contribution in [-0.2, 0) is 13.0 Å². The molecule has 6 rings (SSSR count). The van der Waals surface area contributed by atoms with Crippen LogP contribution in [0.15, 0.2) is 48.8 Å². The number of hydrogen-bond donors (Lipinski definition) is 2. The predicted molar refractivity (Wildman–Crippen MR) is 148 cm³/mol. The zero-order valence-electron chi connectivity index (χ0n) is 22.2. The van der Waals surface area contributed by atoms with Crippen molar-refractivity contribution in [3.8, 4) is 5.75 Å². The van der Waals surface area contributed by atoms with E-state index in [1.807, 2.05) is 47.4 Å². The number of pyridine rings is 1. The van der Waals surface area contributed by atoms with Gasteiger partial charge in [0.05, 0.1) is 31.2 Å². The number of rotatable bonds is 7. The summed E-state index contributed by atoms with van der Waals surface area (Å²) in [4.78, 5) is 30.0. The van der Waals surface area contributed by atoms with Gasteiger partial charge in [0.2, 0.25) is 0 Å². The quantitative estimate of drug-likeness (QED) is 0.368. The Bertz CT molecular complexity index is 1500. The normalized spacial score (nSPS) is 18.8. The Morgan fingerprint density at radius 1 is 1.18 bits per heavy atom. The van der Waals surface area contributed by atoms with E-state index in [2.05, 4.69) is 33.1 Å². The Morgan fingerprint density at radius 2 is 2.03 bits per heavy atom. The summed E-state index contributed by atoms with van der Waals surface area (Å²) in [7, 11) is 1.66. The van der Waals surface area contributed by atoms with E-state index >= 15 is 0 Å². The van der Waals surface area contributed by atoms with Gasteiger partial charge in [0.1, 0.15) is 11.6 Å². The maximum Gasteiger partial charge on any atom is 0.404 e. The molecule has 0 saturated carbocycles. The van der Waals surface area contributed by atoms with Crippen molar-refractivity contribution < 1.29 is 14.6 Å². The number of carboxylic acid groups (broad SMARTS) is 1. The largest absolute Gasteiger partial charge is 0.497 e. The number of benzene rings is 1. The molecular weight excluding hydrogens is 496 g/mol. The van der Waals surface area contributed by atoms with E-state index in [-0.39, 0.29) is 5.41 Å². The van der Waals surface area contributed by atoms with E-state index in [1.54, 1.807) is 7.11 Å². The third kappa shape index (κ3) is 4.91. The molecule has 1 amide bonds. The minimum absolute atomic E-state index is 0.173. The molecule has 1 saturated heterocycles. The first-order valence-electron chi connectivity index (χ1n) is 13.2. The lowest BCUT2D eigenvalue weighted by atomic mass is 9.90. The second-order valence-electron chi connectivity index (χ2n) is 10.6. The molecule has 2 aliphatic rings. The molecule has 3 aromatic heterocycles. The van der Waals surface area contributed by atoms with E-state index in [0.29, 0.717) is 25.3 Å². The predicted octanol–water partition coefficient (Wildman–Crippen LogP) is 3.85. The van der Waals surface area contributed by atoms with Crippen LogP contribution >= 0.6 is 0 Å². The van der Waals surface area contributed by atoms with Gasteiger partial charge in [0.25, 0.3) is 0 Å². The lowest BCUT2D eigenvalue weighted by molar-refractivity contribution is 0.188. The molecule has 1 aromatic carbocycles. The monoisotopic (exact) mass is 528 g/mol. The minimum atomic E-state index is -1.000. The fourth-order valence-electron chi connectivity index (χ4n) is 5.53.